The Balaban J connectivity index is 2.38. The molecule has 2 rings (SSSR count). The van der Waals surface area contributed by atoms with Crippen molar-refractivity contribution in [1.82, 2.24) is 5.32 Å². The van der Waals surface area contributed by atoms with Gasteiger partial charge in [0.15, 0.2) is 0 Å². The maximum atomic E-state index is 11.7. The Labute approximate surface area is 112 Å². The molecule has 1 aliphatic heterocycles. The molecule has 1 atom stereocenters. The van der Waals surface area contributed by atoms with Crippen molar-refractivity contribution in [1.29, 1.82) is 0 Å². The summed E-state index contributed by atoms with van der Waals surface area (Å²) in [6, 6.07) is 4.63. The zero-order valence-corrected chi connectivity index (χ0v) is 10.7. The first-order valence-electron chi connectivity index (χ1n) is 4.22. The van der Waals surface area contributed by atoms with Gasteiger partial charge in [-0.05, 0) is 18.2 Å². The number of carbonyl (C=O) groups excluding carboxylic acids is 1. The number of rotatable bonds is 0. The van der Waals surface area contributed by atoms with Gasteiger partial charge < -0.3 is 10.1 Å². The molecule has 0 aromatic heterocycles. The van der Waals surface area contributed by atoms with Crippen LogP contribution in [-0.4, -0.2) is 15.9 Å². The van der Waals surface area contributed by atoms with E-state index in [9.17, 15) is 4.79 Å². The van der Waals surface area contributed by atoms with E-state index < -0.39 is 10.0 Å². The monoisotopic (exact) mass is 299 g/mol. The third-order valence-corrected chi connectivity index (χ3v) is 2.82. The summed E-state index contributed by atoms with van der Waals surface area (Å²) in [5.74, 6) is -0.0513. The van der Waals surface area contributed by atoms with Gasteiger partial charge in [-0.2, -0.15) is 0 Å². The zero-order chi connectivity index (χ0) is 11.9. The lowest BCUT2D eigenvalue weighted by Crippen LogP contribution is -2.50. The van der Waals surface area contributed by atoms with Gasteiger partial charge >= 0.3 is 0 Å². The van der Waals surface area contributed by atoms with Gasteiger partial charge in [0, 0.05) is 5.02 Å². The summed E-state index contributed by atoms with van der Waals surface area (Å²) in [5.41, 5.74) is 0.318. The third-order valence-electron chi connectivity index (χ3n) is 1.99. The van der Waals surface area contributed by atoms with E-state index in [1.807, 2.05) is 0 Å². The van der Waals surface area contributed by atoms with Crippen molar-refractivity contribution in [3.63, 3.8) is 0 Å². The predicted molar refractivity (Wildman–Crippen MR) is 63.6 cm³/mol. The summed E-state index contributed by atoms with van der Waals surface area (Å²) in [5, 5.41) is 2.86. The Morgan fingerprint density at radius 2 is 2.00 bits per heavy atom. The van der Waals surface area contributed by atoms with E-state index in [0.29, 0.717) is 16.3 Å². The number of nitrogens with one attached hydrogen (secondary N) is 1. The van der Waals surface area contributed by atoms with Crippen molar-refractivity contribution in [2.45, 2.75) is 10.0 Å². The van der Waals surface area contributed by atoms with Crippen molar-refractivity contribution in [3.05, 3.63) is 28.8 Å². The van der Waals surface area contributed by atoms with Crippen LogP contribution in [0.25, 0.3) is 0 Å². The summed E-state index contributed by atoms with van der Waals surface area (Å²) < 4.78 is 3.61. The van der Waals surface area contributed by atoms with Gasteiger partial charge in [0.1, 0.15) is 5.75 Å². The molecule has 7 heteroatoms. The van der Waals surface area contributed by atoms with Crippen LogP contribution in [0.4, 0.5) is 0 Å². The molecule has 0 fully saturated rings. The van der Waals surface area contributed by atoms with E-state index in [-0.39, 0.29) is 5.91 Å². The Morgan fingerprint density at radius 1 is 1.31 bits per heavy atom. The molecule has 0 radical (unpaired) electrons. The molecule has 1 N–H and O–H groups in total. The molecular formula is C9H5Cl4NO2. The molecule has 0 saturated heterocycles. The van der Waals surface area contributed by atoms with Gasteiger partial charge in [-0.3, -0.25) is 4.79 Å². The highest BCUT2D eigenvalue weighted by Gasteiger charge is 2.39. The number of fused-ring (bicyclic) bond motifs is 1. The molecule has 0 unspecified atom stereocenters. The maximum Gasteiger partial charge on any atom is 0.258 e. The second-order valence-electron chi connectivity index (χ2n) is 3.15. The number of benzene rings is 1. The standard InChI is InChI=1S/C9H5Cl4NO2/c10-4-1-2-6-5(3-4)7(15)14-8(16-6)9(11,12)13/h1-3,8H,(H,14,15)/t8-/m1/s1. The molecule has 86 valence electrons. The Bertz CT molecular complexity index is 444. The van der Waals surface area contributed by atoms with E-state index in [1.54, 1.807) is 12.1 Å². The topological polar surface area (TPSA) is 38.3 Å². The molecule has 0 saturated carbocycles. The molecular weight excluding hydrogens is 296 g/mol. The number of ether oxygens (including phenoxy) is 1. The molecule has 1 amide bonds. The summed E-state index contributed by atoms with van der Waals surface area (Å²) >= 11 is 22.7. The fourth-order valence-corrected chi connectivity index (χ4v) is 1.75. The molecule has 16 heavy (non-hydrogen) atoms. The summed E-state index contributed by atoms with van der Waals surface area (Å²) in [7, 11) is 0. The first-order valence-corrected chi connectivity index (χ1v) is 5.73. The van der Waals surface area contributed by atoms with Crippen molar-refractivity contribution < 1.29 is 9.53 Å². The normalized spacial score (nSPS) is 19.8. The Kier molecular flexibility index (Phi) is 3.14. The average Bonchev–Trinajstić information content (AvgIpc) is 2.17. The quantitative estimate of drug-likeness (QED) is 0.748. The van der Waals surface area contributed by atoms with Crippen LogP contribution in [-0.2, 0) is 0 Å². The lowest BCUT2D eigenvalue weighted by molar-refractivity contribution is 0.0763. The number of carbonyl (C=O) groups is 1. The van der Waals surface area contributed by atoms with E-state index in [1.165, 1.54) is 6.07 Å². The number of amides is 1. The molecule has 0 bridgehead atoms. The second-order valence-corrected chi connectivity index (χ2v) is 5.96. The van der Waals surface area contributed by atoms with Crippen LogP contribution in [0.15, 0.2) is 18.2 Å². The lowest BCUT2D eigenvalue weighted by atomic mass is 10.1. The highest BCUT2D eigenvalue weighted by Crippen LogP contribution is 2.36. The minimum absolute atomic E-state index is 0.318. The first-order chi connectivity index (χ1) is 7.38. The van der Waals surface area contributed by atoms with Crippen LogP contribution in [0, 0.1) is 0 Å². The Morgan fingerprint density at radius 3 is 2.62 bits per heavy atom. The number of hydrogen-bond acceptors (Lipinski definition) is 2. The maximum absolute atomic E-state index is 11.7. The van der Waals surface area contributed by atoms with Gasteiger partial charge in [-0.25, -0.2) is 0 Å². The average molecular weight is 301 g/mol. The van der Waals surface area contributed by atoms with E-state index in [0.717, 1.165) is 0 Å². The van der Waals surface area contributed by atoms with Gasteiger partial charge in [-0.1, -0.05) is 46.4 Å². The van der Waals surface area contributed by atoms with E-state index >= 15 is 0 Å². The first kappa shape index (κ1) is 12.1. The highest BCUT2D eigenvalue weighted by molar-refractivity contribution is 6.68. The van der Waals surface area contributed by atoms with Crippen molar-refractivity contribution in [3.8, 4) is 5.75 Å². The molecule has 0 aliphatic carbocycles. The fraction of sp³-hybridized carbons (Fsp3) is 0.222. The van der Waals surface area contributed by atoms with Gasteiger partial charge in [0.25, 0.3) is 5.91 Å². The summed E-state index contributed by atoms with van der Waals surface area (Å²) in [4.78, 5) is 11.7. The van der Waals surface area contributed by atoms with Gasteiger partial charge in [0.2, 0.25) is 10.0 Å². The minimum Gasteiger partial charge on any atom is -0.465 e. The van der Waals surface area contributed by atoms with Crippen LogP contribution in [0.3, 0.4) is 0 Å². The number of halogens is 4. The lowest BCUT2D eigenvalue weighted by Gasteiger charge is -2.30. The molecule has 3 nitrogen and oxygen atoms in total. The van der Waals surface area contributed by atoms with E-state index in [2.05, 4.69) is 5.32 Å². The predicted octanol–water partition coefficient (Wildman–Crippen LogP) is 3.16. The van der Waals surface area contributed by atoms with Gasteiger partial charge in [-0.15, -0.1) is 0 Å². The summed E-state index contributed by atoms with van der Waals surface area (Å²) in [6.45, 7) is 0. The zero-order valence-electron chi connectivity index (χ0n) is 7.64. The molecule has 1 aliphatic rings. The Hall–Kier alpha value is -0.350. The van der Waals surface area contributed by atoms with Crippen LogP contribution in [0.5, 0.6) is 5.75 Å². The van der Waals surface area contributed by atoms with Crippen LogP contribution >= 0.6 is 46.4 Å². The van der Waals surface area contributed by atoms with Crippen LogP contribution in [0.1, 0.15) is 10.4 Å². The van der Waals surface area contributed by atoms with Gasteiger partial charge in [0.05, 0.1) is 5.56 Å². The van der Waals surface area contributed by atoms with Crippen molar-refractivity contribution in [2.75, 3.05) is 0 Å². The van der Waals surface area contributed by atoms with Crippen molar-refractivity contribution in [2.24, 2.45) is 0 Å². The number of alkyl halides is 3. The van der Waals surface area contributed by atoms with E-state index in [4.69, 9.17) is 51.1 Å². The molecule has 0 spiro atoms. The molecule has 1 aromatic rings. The summed E-state index contributed by atoms with van der Waals surface area (Å²) in [6.07, 6.45) is -1.02. The minimum atomic E-state index is -1.73. The van der Waals surface area contributed by atoms with Crippen LogP contribution in [0.2, 0.25) is 5.02 Å². The molecule has 1 aromatic carbocycles. The largest absolute Gasteiger partial charge is 0.465 e. The number of hydrogen-bond donors (Lipinski definition) is 1. The highest BCUT2D eigenvalue weighted by atomic mass is 35.6. The van der Waals surface area contributed by atoms with Crippen LogP contribution < -0.4 is 10.1 Å². The van der Waals surface area contributed by atoms with Crippen molar-refractivity contribution >= 4 is 52.3 Å². The SMILES string of the molecule is O=C1N[C@@H](C(Cl)(Cl)Cl)Oc2ccc(Cl)cc21. The fourth-order valence-electron chi connectivity index (χ4n) is 1.28. The third kappa shape index (κ3) is 2.33. The smallest absolute Gasteiger partial charge is 0.258 e. The second kappa shape index (κ2) is 4.15. The molecule has 1 heterocycles.